The molecule has 1 aromatic carbocycles. The quantitative estimate of drug-likeness (QED) is 0.221. The number of carbonyl (C=O) groups is 5. The first-order valence-electron chi connectivity index (χ1n) is 18.4. The van der Waals surface area contributed by atoms with E-state index in [0.29, 0.717) is 43.9 Å². The zero-order chi connectivity index (χ0) is 34.4. The minimum Gasteiger partial charge on any atom is -0.446 e. The smallest absolute Gasteiger partial charge is 0.408 e. The average Bonchev–Trinajstić information content (AvgIpc) is 3.72. The zero-order valence-corrected chi connectivity index (χ0v) is 29.1. The van der Waals surface area contributed by atoms with E-state index in [2.05, 4.69) is 21.3 Å². The molecule has 3 aliphatic carbocycles. The van der Waals surface area contributed by atoms with Gasteiger partial charge in [0.25, 0.3) is 5.91 Å². The Labute approximate surface area is 293 Å². The van der Waals surface area contributed by atoms with Crippen LogP contribution in [0.15, 0.2) is 24.3 Å². The van der Waals surface area contributed by atoms with Crippen molar-refractivity contribution >= 4 is 41.2 Å². The number of ketones is 1. The molecule has 11 nitrogen and oxygen atoms in total. The fourth-order valence-electron chi connectivity index (χ4n) is 8.35. The molecule has 268 valence electrons. The molecule has 49 heavy (non-hydrogen) atoms. The van der Waals surface area contributed by atoms with Crippen LogP contribution in [0, 0.1) is 17.8 Å². The van der Waals surface area contributed by atoms with Gasteiger partial charge in [0.05, 0.1) is 6.04 Å². The highest BCUT2D eigenvalue weighted by Gasteiger charge is 2.47. The molecular formula is C37H51ClN4O7. The standard InChI is InChI=1S/C37H51ClN4O7/c38-27-10-4-8-24(19-27)18-25-9-5-11-31(25)49-36(47)41-30(20-23-6-2-1-3-7-23)34(45)40-29(32(43)35(46)39-28-12-13-28)21-26-22-37(42-33(26)44)14-16-48-17-15-37/h4,8,10,19,23,25-26,28-31H,1-3,5-7,9,11-18,20-22H2,(H,39,46)(H,40,45)(H,41,47)(H,42,44)/t25?,26?,29?,30-,31?/m0/s1. The van der Waals surface area contributed by atoms with Gasteiger partial charge in [-0.15, -0.1) is 0 Å². The highest BCUT2D eigenvalue weighted by Crippen LogP contribution is 2.36. The lowest BCUT2D eigenvalue weighted by Crippen LogP contribution is -2.55. The van der Waals surface area contributed by atoms with Crippen LogP contribution < -0.4 is 21.3 Å². The molecule has 5 atom stereocenters. The van der Waals surface area contributed by atoms with Crippen molar-refractivity contribution in [3.05, 3.63) is 34.9 Å². The summed E-state index contributed by atoms with van der Waals surface area (Å²) in [6.07, 6.45) is 11.4. The van der Waals surface area contributed by atoms with Crippen molar-refractivity contribution in [2.24, 2.45) is 17.8 Å². The molecule has 0 radical (unpaired) electrons. The summed E-state index contributed by atoms with van der Waals surface area (Å²) in [6.45, 7) is 1.09. The Hall–Kier alpha value is -3.18. The molecular weight excluding hydrogens is 648 g/mol. The molecule has 3 saturated carbocycles. The highest BCUT2D eigenvalue weighted by atomic mass is 35.5. The molecule has 2 heterocycles. The predicted octanol–water partition coefficient (Wildman–Crippen LogP) is 4.52. The van der Waals surface area contributed by atoms with Gasteiger partial charge in [0.2, 0.25) is 17.6 Å². The van der Waals surface area contributed by atoms with Gasteiger partial charge in [-0.25, -0.2) is 4.79 Å². The molecule has 6 rings (SSSR count). The number of alkyl carbamates (subject to hydrolysis) is 1. The Morgan fingerprint density at radius 1 is 0.939 bits per heavy atom. The maximum absolute atomic E-state index is 14.1. The Balaban J connectivity index is 1.14. The Morgan fingerprint density at radius 3 is 2.45 bits per heavy atom. The van der Waals surface area contributed by atoms with Crippen molar-refractivity contribution < 1.29 is 33.4 Å². The molecule has 0 aromatic heterocycles. The van der Waals surface area contributed by atoms with Crippen molar-refractivity contribution in [1.82, 2.24) is 21.3 Å². The van der Waals surface area contributed by atoms with E-state index < -0.39 is 47.2 Å². The first kappa shape index (κ1) is 35.6. The molecule has 2 aliphatic heterocycles. The third-order valence-electron chi connectivity index (χ3n) is 11.3. The topological polar surface area (TPSA) is 152 Å². The average molecular weight is 699 g/mol. The summed E-state index contributed by atoms with van der Waals surface area (Å²) in [5.41, 5.74) is 0.691. The van der Waals surface area contributed by atoms with Crippen LogP contribution in [0.25, 0.3) is 0 Å². The molecule has 1 aromatic rings. The van der Waals surface area contributed by atoms with E-state index >= 15 is 0 Å². The van der Waals surface area contributed by atoms with E-state index in [1.54, 1.807) is 0 Å². The highest BCUT2D eigenvalue weighted by molar-refractivity contribution is 6.38. The van der Waals surface area contributed by atoms with Gasteiger partial charge < -0.3 is 30.7 Å². The number of carbonyl (C=O) groups excluding carboxylic acids is 5. The summed E-state index contributed by atoms with van der Waals surface area (Å²) in [6, 6.07) is 5.50. The van der Waals surface area contributed by atoms with Crippen LogP contribution in [0.4, 0.5) is 4.79 Å². The molecule has 4 unspecified atom stereocenters. The second kappa shape index (κ2) is 16.2. The molecule has 2 saturated heterocycles. The number of hydrogen-bond donors (Lipinski definition) is 4. The van der Waals surface area contributed by atoms with Crippen LogP contribution in [0.3, 0.4) is 0 Å². The summed E-state index contributed by atoms with van der Waals surface area (Å²) in [4.78, 5) is 67.2. The Bertz CT molecular complexity index is 1370. The van der Waals surface area contributed by atoms with Gasteiger partial charge >= 0.3 is 6.09 Å². The van der Waals surface area contributed by atoms with E-state index in [1.807, 2.05) is 24.3 Å². The van der Waals surface area contributed by atoms with Crippen LogP contribution in [0.2, 0.25) is 5.02 Å². The number of ether oxygens (including phenoxy) is 2. The number of halogens is 1. The van der Waals surface area contributed by atoms with Crippen LogP contribution in [-0.2, 0) is 35.1 Å². The monoisotopic (exact) mass is 698 g/mol. The molecule has 0 bridgehead atoms. The lowest BCUT2D eigenvalue weighted by molar-refractivity contribution is -0.141. The van der Waals surface area contributed by atoms with Gasteiger partial charge in [-0.05, 0) is 94.2 Å². The van der Waals surface area contributed by atoms with E-state index in [1.165, 1.54) is 0 Å². The second-order valence-electron chi connectivity index (χ2n) is 15.1. The van der Waals surface area contributed by atoms with Gasteiger partial charge in [-0.2, -0.15) is 0 Å². The van der Waals surface area contributed by atoms with E-state index in [9.17, 15) is 24.0 Å². The Morgan fingerprint density at radius 2 is 1.71 bits per heavy atom. The Kier molecular flexibility index (Phi) is 11.8. The summed E-state index contributed by atoms with van der Waals surface area (Å²) < 4.78 is 11.5. The van der Waals surface area contributed by atoms with Crippen molar-refractivity contribution in [3.63, 3.8) is 0 Å². The lowest BCUT2D eigenvalue weighted by Gasteiger charge is -2.33. The summed E-state index contributed by atoms with van der Waals surface area (Å²) in [5, 5.41) is 12.2. The summed E-state index contributed by atoms with van der Waals surface area (Å²) in [7, 11) is 0. The number of Topliss-reactive ketones (excluding diaryl/α,β-unsaturated/α-hetero) is 1. The maximum atomic E-state index is 14.1. The van der Waals surface area contributed by atoms with Gasteiger partial charge in [0, 0.05) is 41.7 Å². The largest absolute Gasteiger partial charge is 0.446 e. The first-order valence-corrected chi connectivity index (χ1v) is 18.8. The predicted molar refractivity (Wildman–Crippen MR) is 183 cm³/mol. The van der Waals surface area contributed by atoms with Crippen LogP contribution in [-0.4, -0.2) is 72.6 Å². The third-order valence-corrected chi connectivity index (χ3v) is 11.5. The normalized spacial score (nSPS) is 26.4. The maximum Gasteiger partial charge on any atom is 0.408 e. The van der Waals surface area contributed by atoms with E-state index in [0.717, 1.165) is 76.2 Å². The third kappa shape index (κ3) is 9.75. The molecule has 1 spiro atoms. The van der Waals surface area contributed by atoms with Crippen molar-refractivity contribution in [2.45, 2.75) is 133 Å². The minimum absolute atomic E-state index is 0.00491. The van der Waals surface area contributed by atoms with Crippen molar-refractivity contribution in [2.75, 3.05) is 13.2 Å². The first-order chi connectivity index (χ1) is 23.7. The van der Waals surface area contributed by atoms with Crippen LogP contribution in [0.5, 0.6) is 0 Å². The summed E-state index contributed by atoms with van der Waals surface area (Å²) >= 11 is 6.20. The fourth-order valence-corrected chi connectivity index (χ4v) is 8.56. The van der Waals surface area contributed by atoms with Crippen molar-refractivity contribution in [3.8, 4) is 0 Å². The molecule has 4 amide bonds. The van der Waals surface area contributed by atoms with Gasteiger partial charge in [-0.3, -0.25) is 19.2 Å². The van der Waals surface area contributed by atoms with Crippen LogP contribution >= 0.6 is 11.6 Å². The van der Waals surface area contributed by atoms with E-state index in [4.69, 9.17) is 21.1 Å². The number of hydrogen-bond acceptors (Lipinski definition) is 7. The second-order valence-corrected chi connectivity index (χ2v) is 15.5. The number of rotatable bonds is 13. The molecule has 5 aliphatic rings. The number of nitrogens with one attached hydrogen (secondary N) is 4. The SMILES string of the molecule is O=C(N[C@@H](CC1CCCCC1)C(=O)NC(CC1CC2(CCOCC2)NC1=O)C(=O)C(=O)NC1CC1)OC1CCCC1Cc1cccc(Cl)c1. The lowest BCUT2D eigenvalue weighted by atomic mass is 9.83. The molecule has 5 fully saturated rings. The van der Waals surface area contributed by atoms with E-state index in [-0.39, 0.29) is 36.3 Å². The van der Waals surface area contributed by atoms with Gasteiger partial charge in [0.15, 0.2) is 0 Å². The van der Waals surface area contributed by atoms with Gasteiger partial charge in [-0.1, -0.05) is 55.8 Å². The number of benzene rings is 1. The zero-order valence-electron chi connectivity index (χ0n) is 28.3. The number of amides is 4. The fraction of sp³-hybridized carbons (Fsp3) is 0.703. The van der Waals surface area contributed by atoms with Crippen LogP contribution in [0.1, 0.15) is 102 Å². The van der Waals surface area contributed by atoms with Crippen molar-refractivity contribution in [1.29, 1.82) is 0 Å². The molecule has 12 heteroatoms. The molecule has 4 N–H and O–H groups in total. The summed E-state index contributed by atoms with van der Waals surface area (Å²) in [5.74, 6) is -2.42. The minimum atomic E-state index is -1.21. The van der Waals surface area contributed by atoms with Gasteiger partial charge in [0.1, 0.15) is 12.1 Å².